The summed E-state index contributed by atoms with van der Waals surface area (Å²) >= 11 is 0.946. The van der Waals surface area contributed by atoms with Crippen molar-refractivity contribution in [1.82, 2.24) is 10.3 Å². The smallest absolute Gasteiger partial charge is 0.270 e. The van der Waals surface area contributed by atoms with E-state index in [0.29, 0.717) is 23.7 Å². The van der Waals surface area contributed by atoms with Crippen molar-refractivity contribution in [2.75, 3.05) is 22.4 Å². The van der Waals surface area contributed by atoms with E-state index in [1.54, 1.807) is 31.2 Å². The minimum Gasteiger partial charge on any atom is -0.477 e. The molecule has 1 atom stereocenters. The predicted octanol–water partition coefficient (Wildman–Crippen LogP) is 2.55. The number of hydrogen-bond donors (Lipinski definition) is 2. The molecule has 0 aliphatic carbocycles. The molecule has 0 bridgehead atoms. The topological polar surface area (TPSA) is 118 Å². The highest BCUT2D eigenvalue weighted by Crippen LogP contribution is 2.35. The molecule has 2 amide bonds. The average Bonchev–Trinajstić information content (AvgIpc) is 3.15. The van der Waals surface area contributed by atoms with Gasteiger partial charge in [0.15, 0.2) is 11.2 Å². The molecule has 0 fully saturated rings. The third-order valence-corrected chi connectivity index (χ3v) is 6.64. The quantitative estimate of drug-likeness (QED) is 0.553. The predicted molar refractivity (Wildman–Crippen MR) is 126 cm³/mol. The molecule has 2 heterocycles. The first-order chi connectivity index (χ1) is 15.7. The highest BCUT2D eigenvalue weighted by atomic mass is 32.2. The molecule has 0 saturated carbocycles. The Morgan fingerprint density at radius 1 is 1.15 bits per heavy atom. The minimum absolute atomic E-state index is 0.00263. The molecule has 1 aliphatic rings. The number of amides is 2. The summed E-state index contributed by atoms with van der Waals surface area (Å²) in [6, 6.07) is 16.4. The second-order valence-electron chi connectivity index (χ2n) is 7.50. The summed E-state index contributed by atoms with van der Waals surface area (Å²) in [5, 5.41) is 2.96. The van der Waals surface area contributed by atoms with Gasteiger partial charge in [-0.05, 0) is 24.6 Å². The first-order valence-electron chi connectivity index (χ1n) is 10.1. The zero-order valence-electron chi connectivity index (χ0n) is 17.9. The highest BCUT2D eigenvalue weighted by Gasteiger charge is 2.35. The number of nitrogens with one attached hydrogen (secondary N) is 2. The molecular weight excluding hydrogens is 464 g/mol. The number of ether oxygens (including phenoxy) is 1. The van der Waals surface area contributed by atoms with Gasteiger partial charge in [-0.15, -0.1) is 0 Å². The molecule has 0 spiro atoms. The van der Waals surface area contributed by atoms with E-state index in [0.717, 1.165) is 23.2 Å². The van der Waals surface area contributed by atoms with Crippen LogP contribution in [0, 0.1) is 6.92 Å². The van der Waals surface area contributed by atoms with E-state index in [4.69, 9.17) is 4.74 Å². The molecule has 9 nitrogen and oxygen atoms in total. The third kappa shape index (κ3) is 5.32. The van der Waals surface area contributed by atoms with Crippen LogP contribution >= 0.6 is 11.3 Å². The lowest BCUT2D eigenvalue weighted by Gasteiger charge is -2.34. The summed E-state index contributed by atoms with van der Waals surface area (Å²) in [7, 11) is -3.53. The number of thiazole rings is 1. The summed E-state index contributed by atoms with van der Waals surface area (Å²) in [6.45, 7) is 1.97. The van der Waals surface area contributed by atoms with Gasteiger partial charge in [0.2, 0.25) is 10.0 Å². The maximum atomic E-state index is 13.4. The highest BCUT2D eigenvalue weighted by molar-refractivity contribution is 7.92. The standard InChI is InChI=1S/C22H22N4O5S2/c1-14-19(32-22(24-14)25-33(2,29)30)21(28)26-13-18(31-17-11-7-6-10-16(17)26)20(27)23-12-15-8-4-3-5-9-15/h3-11,18H,12-13H2,1-2H3,(H,23,27)(H,24,25)/t18-/m1/s1. The van der Waals surface area contributed by atoms with Crippen LogP contribution in [0.3, 0.4) is 0 Å². The van der Waals surface area contributed by atoms with Crippen molar-refractivity contribution in [2.45, 2.75) is 19.6 Å². The lowest BCUT2D eigenvalue weighted by atomic mass is 10.1. The number of carbonyl (C=O) groups is 2. The summed E-state index contributed by atoms with van der Waals surface area (Å²) in [4.78, 5) is 32.2. The maximum absolute atomic E-state index is 13.4. The summed E-state index contributed by atoms with van der Waals surface area (Å²) < 4.78 is 31.3. The van der Waals surface area contributed by atoms with Crippen LogP contribution < -0.4 is 19.7 Å². The van der Waals surface area contributed by atoms with Crippen LogP contribution in [-0.2, 0) is 21.4 Å². The summed E-state index contributed by atoms with van der Waals surface area (Å²) in [5.74, 6) is -0.316. The minimum atomic E-state index is -3.53. The Morgan fingerprint density at radius 2 is 1.85 bits per heavy atom. The largest absolute Gasteiger partial charge is 0.477 e. The summed E-state index contributed by atoms with van der Waals surface area (Å²) in [5.41, 5.74) is 1.87. The van der Waals surface area contributed by atoms with Crippen LogP contribution in [0.5, 0.6) is 5.75 Å². The molecule has 4 rings (SSSR count). The third-order valence-electron chi connectivity index (χ3n) is 4.88. The van der Waals surface area contributed by atoms with Gasteiger partial charge < -0.3 is 10.1 Å². The maximum Gasteiger partial charge on any atom is 0.270 e. The van der Waals surface area contributed by atoms with Gasteiger partial charge in [0.25, 0.3) is 11.8 Å². The Bertz CT molecular complexity index is 1290. The van der Waals surface area contributed by atoms with Crippen molar-refractivity contribution in [3.05, 3.63) is 70.7 Å². The molecule has 0 unspecified atom stereocenters. The van der Waals surface area contributed by atoms with E-state index in [1.165, 1.54) is 4.90 Å². The van der Waals surface area contributed by atoms with Crippen molar-refractivity contribution >= 4 is 44.0 Å². The number of benzene rings is 2. The van der Waals surface area contributed by atoms with Gasteiger partial charge in [-0.1, -0.05) is 53.8 Å². The van der Waals surface area contributed by atoms with Crippen molar-refractivity contribution in [2.24, 2.45) is 0 Å². The van der Waals surface area contributed by atoms with Crippen LogP contribution in [0.2, 0.25) is 0 Å². The van der Waals surface area contributed by atoms with Crippen molar-refractivity contribution in [3.63, 3.8) is 0 Å². The molecule has 2 aromatic carbocycles. The van der Waals surface area contributed by atoms with Gasteiger partial charge in [0.05, 0.1) is 24.2 Å². The fraction of sp³-hybridized carbons (Fsp3) is 0.227. The molecule has 1 aromatic heterocycles. The molecule has 1 aliphatic heterocycles. The van der Waals surface area contributed by atoms with E-state index >= 15 is 0 Å². The van der Waals surface area contributed by atoms with Gasteiger partial charge in [0, 0.05) is 6.54 Å². The Labute approximate surface area is 195 Å². The van der Waals surface area contributed by atoms with Crippen LogP contribution in [0.25, 0.3) is 0 Å². The van der Waals surface area contributed by atoms with Gasteiger partial charge in [-0.25, -0.2) is 13.4 Å². The van der Waals surface area contributed by atoms with E-state index in [1.807, 2.05) is 30.3 Å². The van der Waals surface area contributed by atoms with Gasteiger partial charge in [-0.3, -0.25) is 19.2 Å². The second-order valence-corrected chi connectivity index (χ2v) is 10.2. The van der Waals surface area contributed by atoms with E-state index in [2.05, 4.69) is 15.0 Å². The molecule has 3 aromatic rings. The molecular formula is C22H22N4O5S2. The molecule has 0 radical (unpaired) electrons. The summed E-state index contributed by atoms with van der Waals surface area (Å²) in [6.07, 6.45) is 0.108. The Hall–Kier alpha value is -3.44. The number of rotatable bonds is 6. The van der Waals surface area contributed by atoms with E-state index in [9.17, 15) is 18.0 Å². The number of hydrogen-bond acceptors (Lipinski definition) is 7. The number of fused-ring (bicyclic) bond motifs is 1. The van der Waals surface area contributed by atoms with Crippen molar-refractivity contribution in [1.29, 1.82) is 0 Å². The Kier molecular flexibility index (Phi) is 6.34. The van der Waals surface area contributed by atoms with Crippen LogP contribution in [-0.4, -0.2) is 44.1 Å². The number of anilines is 2. The first-order valence-corrected chi connectivity index (χ1v) is 12.8. The monoisotopic (exact) mass is 486 g/mol. The van der Waals surface area contributed by atoms with Crippen LogP contribution in [0.1, 0.15) is 20.9 Å². The van der Waals surface area contributed by atoms with Crippen LogP contribution in [0.4, 0.5) is 10.8 Å². The normalized spacial score (nSPS) is 15.3. The van der Waals surface area contributed by atoms with Gasteiger partial charge in [0.1, 0.15) is 10.6 Å². The second kappa shape index (κ2) is 9.20. The van der Waals surface area contributed by atoms with E-state index < -0.39 is 16.1 Å². The molecule has 33 heavy (non-hydrogen) atoms. The molecule has 11 heteroatoms. The number of sulfonamides is 1. The zero-order valence-corrected chi connectivity index (χ0v) is 19.6. The van der Waals surface area contributed by atoms with Gasteiger partial charge in [-0.2, -0.15) is 0 Å². The fourth-order valence-corrected chi connectivity index (χ4v) is 5.13. The van der Waals surface area contributed by atoms with Crippen LogP contribution in [0.15, 0.2) is 54.6 Å². The van der Waals surface area contributed by atoms with Gasteiger partial charge >= 0.3 is 0 Å². The number of nitrogens with zero attached hydrogens (tertiary/aromatic N) is 2. The molecule has 2 N–H and O–H groups in total. The van der Waals surface area contributed by atoms with Crippen molar-refractivity contribution in [3.8, 4) is 5.75 Å². The lowest BCUT2D eigenvalue weighted by molar-refractivity contribution is -0.127. The number of aryl methyl sites for hydroxylation is 1. The first kappa shape index (κ1) is 22.7. The molecule has 172 valence electrons. The SMILES string of the molecule is Cc1nc(NS(C)(=O)=O)sc1C(=O)N1C[C@H](C(=O)NCc2ccccc2)Oc2ccccc21. The number of para-hydroxylation sites is 2. The lowest BCUT2D eigenvalue weighted by Crippen LogP contribution is -2.50. The Balaban J connectivity index is 1.57. The number of carbonyl (C=O) groups excluding carboxylic acids is 2. The average molecular weight is 487 g/mol. The number of aromatic nitrogens is 1. The Morgan fingerprint density at radius 3 is 2.58 bits per heavy atom. The molecule has 0 saturated heterocycles. The zero-order chi connectivity index (χ0) is 23.6. The van der Waals surface area contributed by atoms with Crippen molar-refractivity contribution < 1.29 is 22.7 Å². The van der Waals surface area contributed by atoms with E-state index in [-0.39, 0.29) is 28.4 Å². The fourth-order valence-electron chi connectivity index (χ4n) is 3.38.